The standard InChI is InChI=1S/C15H17NO4S/c1-4-20-11-7-5-6-10(13(11)17)8-12-14(18)16(9(2)3)15(19)21-12/h5-9,17H,4H2,1-3H3/b12-8+. The number of thioether (sulfide) groups is 1. The summed E-state index contributed by atoms with van der Waals surface area (Å²) in [6, 6.07) is 4.85. The number of phenolic OH excluding ortho intramolecular Hbond substituents is 1. The van der Waals surface area contributed by atoms with Gasteiger partial charge in [-0.25, -0.2) is 0 Å². The zero-order valence-corrected chi connectivity index (χ0v) is 12.9. The number of para-hydroxylation sites is 1. The van der Waals surface area contributed by atoms with E-state index in [1.54, 1.807) is 32.0 Å². The predicted octanol–water partition coefficient (Wildman–Crippen LogP) is 3.24. The highest BCUT2D eigenvalue weighted by Crippen LogP contribution is 2.37. The highest BCUT2D eigenvalue weighted by Gasteiger charge is 2.36. The van der Waals surface area contributed by atoms with Crippen LogP contribution in [0.4, 0.5) is 4.79 Å². The number of benzene rings is 1. The van der Waals surface area contributed by atoms with Gasteiger partial charge in [0.1, 0.15) is 0 Å². The lowest BCUT2D eigenvalue weighted by Crippen LogP contribution is -2.34. The van der Waals surface area contributed by atoms with Gasteiger partial charge in [0.15, 0.2) is 11.5 Å². The minimum atomic E-state index is -0.332. The average Bonchev–Trinajstić information content (AvgIpc) is 2.69. The molecule has 0 bridgehead atoms. The van der Waals surface area contributed by atoms with Gasteiger partial charge in [0, 0.05) is 11.6 Å². The molecular weight excluding hydrogens is 290 g/mol. The molecule has 2 rings (SSSR count). The van der Waals surface area contributed by atoms with E-state index in [0.29, 0.717) is 22.8 Å². The number of nitrogens with zero attached hydrogens (tertiary/aromatic N) is 1. The average molecular weight is 307 g/mol. The fourth-order valence-electron chi connectivity index (χ4n) is 1.99. The first-order chi connectivity index (χ1) is 9.95. The molecule has 0 radical (unpaired) electrons. The second-order valence-corrected chi connectivity index (χ2v) is 5.77. The van der Waals surface area contributed by atoms with Crippen molar-refractivity contribution in [1.82, 2.24) is 4.90 Å². The number of hydrogen-bond acceptors (Lipinski definition) is 5. The van der Waals surface area contributed by atoms with Crippen molar-refractivity contribution in [3.05, 3.63) is 28.7 Å². The first-order valence-electron chi connectivity index (χ1n) is 6.67. The minimum Gasteiger partial charge on any atom is -0.504 e. The SMILES string of the molecule is CCOc1cccc(/C=C2/SC(=O)N(C(C)C)C2=O)c1O. The van der Waals surface area contributed by atoms with Crippen molar-refractivity contribution < 1.29 is 19.4 Å². The van der Waals surface area contributed by atoms with Crippen LogP contribution in [0.1, 0.15) is 26.3 Å². The molecule has 1 aromatic carbocycles. The molecule has 5 nitrogen and oxygen atoms in total. The Balaban J connectivity index is 2.35. The van der Waals surface area contributed by atoms with Crippen LogP contribution in [0.5, 0.6) is 11.5 Å². The van der Waals surface area contributed by atoms with Crippen molar-refractivity contribution in [2.75, 3.05) is 6.61 Å². The van der Waals surface area contributed by atoms with E-state index >= 15 is 0 Å². The Morgan fingerprint density at radius 1 is 1.38 bits per heavy atom. The van der Waals surface area contributed by atoms with Gasteiger partial charge in [0.25, 0.3) is 11.1 Å². The second-order valence-electron chi connectivity index (χ2n) is 4.77. The van der Waals surface area contributed by atoms with Crippen LogP contribution in [0.2, 0.25) is 0 Å². The lowest BCUT2D eigenvalue weighted by Gasteiger charge is -2.16. The van der Waals surface area contributed by atoms with Crippen LogP contribution in [0.25, 0.3) is 6.08 Å². The minimum absolute atomic E-state index is 0.0318. The summed E-state index contributed by atoms with van der Waals surface area (Å²) in [7, 11) is 0. The van der Waals surface area contributed by atoms with Crippen molar-refractivity contribution in [2.45, 2.75) is 26.8 Å². The molecular formula is C15H17NO4S. The van der Waals surface area contributed by atoms with Gasteiger partial charge in [-0.05, 0) is 44.7 Å². The fourth-order valence-corrected chi connectivity index (χ4v) is 2.95. The summed E-state index contributed by atoms with van der Waals surface area (Å²) >= 11 is 0.879. The van der Waals surface area contributed by atoms with Crippen molar-refractivity contribution in [3.63, 3.8) is 0 Å². The number of rotatable bonds is 4. The molecule has 1 aromatic rings. The van der Waals surface area contributed by atoms with Gasteiger partial charge < -0.3 is 9.84 Å². The maximum atomic E-state index is 12.2. The van der Waals surface area contributed by atoms with Crippen molar-refractivity contribution >= 4 is 29.0 Å². The Kier molecular flexibility index (Phi) is 4.57. The third kappa shape index (κ3) is 3.05. The largest absolute Gasteiger partial charge is 0.504 e. The number of phenols is 1. The lowest BCUT2D eigenvalue weighted by molar-refractivity contribution is -0.123. The van der Waals surface area contributed by atoms with Crippen molar-refractivity contribution in [3.8, 4) is 11.5 Å². The zero-order valence-electron chi connectivity index (χ0n) is 12.1. The van der Waals surface area contributed by atoms with Crippen LogP contribution >= 0.6 is 11.8 Å². The molecule has 1 fully saturated rings. The molecule has 21 heavy (non-hydrogen) atoms. The zero-order chi connectivity index (χ0) is 15.6. The third-order valence-electron chi connectivity index (χ3n) is 2.96. The summed E-state index contributed by atoms with van der Waals surface area (Å²) in [5, 5.41) is 9.83. The van der Waals surface area contributed by atoms with Crippen LogP contribution in [-0.4, -0.2) is 33.8 Å². The Labute approximate surface area is 127 Å². The molecule has 112 valence electrons. The second kappa shape index (κ2) is 6.22. The smallest absolute Gasteiger partial charge is 0.293 e. The molecule has 0 unspecified atom stereocenters. The number of carbonyl (C=O) groups excluding carboxylic acids is 2. The predicted molar refractivity (Wildman–Crippen MR) is 82.2 cm³/mol. The summed E-state index contributed by atoms with van der Waals surface area (Å²) in [6.45, 7) is 5.82. The molecule has 0 atom stereocenters. The van der Waals surface area contributed by atoms with E-state index in [1.165, 1.54) is 11.0 Å². The quantitative estimate of drug-likeness (QED) is 0.865. The van der Waals surface area contributed by atoms with Crippen LogP contribution in [0.15, 0.2) is 23.1 Å². The summed E-state index contributed by atoms with van der Waals surface area (Å²) in [6.07, 6.45) is 1.52. The van der Waals surface area contributed by atoms with E-state index in [0.717, 1.165) is 11.8 Å². The number of ether oxygens (including phenoxy) is 1. The Hall–Kier alpha value is -1.95. The lowest BCUT2D eigenvalue weighted by atomic mass is 10.1. The summed E-state index contributed by atoms with van der Waals surface area (Å²) in [5.41, 5.74) is 0.454. The number of hydrogen-bond donors (Lipinski definition) is 1. The molecule has 1 N–H and O–H groups in total. The monoisotopic (exact) mass is 307 g/mol. The topological polar surface area (TPSA) is 66.8 Å². The number of carbonyl (C=O) groups is 2. The van der Waals surface area contributed by atoms with Gasteiger partial charge in [-0.2, -0.15) is 0 Å². The number of imide groups is 1. The van der Waals surface area contributed by atoms with Crippen molar-refractivity contribution in [1.29, 1.82) is 0 Å². The summed E-state index contributed by atoms with van der Waals surface area (Å²) < 4.78 is 5.30. The van der Waals surface area contributed by atoms with E-state index < -0.39 is 0 Å². The molecule has 1 aliphatic rings. The van der Waals surface area contributed by atoms with E-state index in [-0.39, 0.29) is 22.9 Å². The van der Waals surface area contributed by atoms with E-state index in [2.05, 4.69) is 0 Å². The van der Waals surface area contributed by atoms with Crippen molar-refractivity contribution in [2.24, 2.45) is 0 Å². The molecule has 0 spiro atoms. The third-order valence-corrected chi connectivity index (χ3v) is 3.84. The maximum Gasteiger partial charge on any atom is 0.293 e. The molecule has 2 amide bonds. The maximum absolute atomic E-state index is 12.2. The molecule has 1 heterocycles. The van der Waals surface area contributed by atoms with Gasteiger partial charge in [-0.3, -0.25) is 14.5 Å². The van der Waals surface area contributed by atoms with Gasteiger partial charge in [0.05, 0.1) is 11.5 Å². The van der Waals surface area contributed by atoms with Crippen LogP contribution in [0, 0.1) is 0 Å². The highest BCUT2D eigenvalue weighted by atomic mass is 32.2. The molecule has 0 aromatic heterocycles. The number of amides is 2. The van der Waals surface area contributed by atoms with Crippen LogP contribution in [0.3, 0.4) is 0 Å². The Morgan fingerprint density at radius 3 is 2.67 bits per heavy atom. The summed E-state index contributed by atoms with van der Waals surface area (Å²) in [5.74, 6) is -0.00810. The molecule has 1 saturated heterocycles. The van der Waals surface area contributed by atoms with Crippen LogP contribution in [-0.2, 0) is 4.79 Å². The Morgan fingerprint density at radius 2 is 2.10 bits per heavy atom. The van der Waals surface area contributed by atoms with Gasteiger partial charge >= 0.3 is 0 Å². The molecule has 0 saturated carbocycles. The van der Waals surface area contributed by atoms with Gasteiger partial charge in [0.2, 0.25) is 0 Å². The van der Waals surface area contributed by atoms with E-state index in [4.69, 9.17) is 4.74 Å². The molecule has 6 heteroatoms. The fraction of sp³-hybridized carbons (Fsp3) is 0.333. The summed E-state index contributed by atoms with van der Waals surface area (Å²) in [4.78, 5) is 25.5. The Bertz CT molecular complexity index is 610. The van der Waals surface area contributed by atoms with Crippen LogP contribution < -0.4 is 4.74 Å². The highest BCUT2D eigenvalue weighted by molar-refractivity contribution is 8.18. The normalized spacial score (nSPS) is 17.1. The number of aromatic hydroxyl groups is 1. The van der Waals surface area contributed by atoms with E-state index in [1.807, 2.05) is 6.92 Å². The van der Waals surface area contributed by atoms with Gasteiger partial charge in [-0.15, -0.1) is 0 Å². The first-order valence-corrected chi connectivity index (χ1v) is 7.49. The first kappa shape index (κ1) is 15.4. The molecule has 1 aliphatic heterocycles. The molecule has 0 aliphatic carbocycles. The van der Waals surface area contributed by atoms with E-state index in [9.17, 15) is 14.7 Å². The van der Waals surface area contributed by atoms with Gasteiger partial charge in [-0.1, -0.05) is 12.1 Å².